The molecule has 0 spiro atoms. The molecule has 0 radical (unpaired) electrons. The molecule has 0 saturated heterocycles. The number of amides is 2. The van der Waals surface area contributed by atoms with Crippen LogP contribution in [-0.4, -0.2) is 50.4 Å². The lowest BCUT2D eigenvalue weighted by Gasteiger charge is -2.35. The van der Waals surface area contributed by atoms with Gasteiger partial charge in [-0.3, -0.25) is 13.9 Å². The van der Waals surface area contributed by atoms with E-state index in [0.717, 1.165) is 25.5 Å². The zero-order chi connectivity index (χ0) is 33.5. The highest BCUT2D eigenvalue weighted by Crippen LogP contribution is 2.27. The second-order valence-corrected chi connectivity index (χ2v) is 14.9. The number of halogens is 1. The van der Waals surface area contributed by atoms with Crippen LogP contribution in [0.4, 0.5) is 5.69 Å². The number of carbonyl (C=O) groups is 2. The van der Waals surface area contributed by atoms with Crippen molar-refractivity contribution >= 4 is 43.5 Å². The second-order valence-electron chi connectivity index (χ2n) is 12.1. The number of nitrogens with one attached hydrogen (secondary N) is 1. The number of aryl methyl sites for hydroxylation is 1. The summed E-state index contributed by atoms with van der Waals surface area (Å²) in [6, 6.07) is 29.0. The van der Waals surface area contributed by atoms with Gasteiger partial charge in [-0.15, -0.1) is 0 Å². The molecular formula is C36H40BrN3O5S. The fourth-order valence-corrected chi connectivity index (χ4v) is 6.63. The van der Waals surface area contributed by atoms with Crippen molar-refractivity contribution in [3.05, 3.63) is 124 Å². The minimum atomic E-state index is -4.18. The molecular weight excluding hydrogens is 666 g/mol. The number of carbonyl (C=O) groups excluding carboxylic acids is 2. The fraction of sp³-hybridized carbons (Fsp3) is 0.278. The first-order valence-electron chi connectivity index (χ1n) is 14.9. The van der Waals surface area contributed by atoms with E-state index in [4.69, 9.17) is 4.74 Å². The minimum Gasteiger partial charge on any atom is -0.497 e. The number of sulfonamides is 1. The van der Waals surface area contributed by atoms with Crippen LogP contribution in [0.3, 0.4) is 0 Å². The highest BCUT2D eigenvalue weighted by Gasteiger charge is 2.35. The molecule has 4 aromatic rings. The maximum absolute atomic E-state index is 14.6. The molecule has 0 bridgehead atoms. The average Bonchev–Trinajstić information content (AvgIpc) is 3.02. The predicted molar refractivity (Wildman–Crippen MR) is 185 cm³/mol. The summed E-state index contributed by atoms with van der Waals surface area (Å²) in [5.41, 5.74) is 2.23. The number of ether oxygens (including phenoxy) is 1. The fourth-order valence-electron chi connectivity index (χ4n) is 4.95. The lowest BCUT2D eigenvalue weighted by atomic mass is 10.0. The first-order chi connectivity index (χ1) is 21.8. The third kappa shape index (κ3) is 9.20. The van der Waals surface area contributed by atoms with Gasteiger partial charge in [-0.05, 0) is 87.4 Å². The van der Waals surface area contributed by atoms with Gasteiger partial charge in [0, 0.05) is 23.0 Å². The molecule has 0 aliphatic rings. The Bertz CT molecular complexity index is 1740. The van der Waals surface area contributed by atoms with Gasteiger partial charge in [0.1, 0.15) is 18.3 Å². The molecule has 242 valence electrons. The van der Waals surface area contributed by atoms with Crippen LogP contribution in [-0.2, 0) is 32.6 Å². The van der Waals surface area contributed by atoms with E-state index in [2.05, 4.69) is 21.2 Å². The van der Waals surface area contributed by atoms with Gasteiger partial charge >= 0.3 is 0 Å². The van der Waals surface area contributed by atoms with E-state index in [-0.39, 0.29) is 23.8 Å². The molecule has 0 fully saturated rings. The average molecular weight is 707 g/mol. The first kappa shape index (κ1) is 34.7. The smallest absolute Gasteiger partial charge is 0.264 e. The van der Waals surface area contributed by atoms with Crippen LogP contribution in [0, 0.1) is 6.92 Å². The van der Waals surface area contributed by atoms with E-state index in [0.29, 0.717) is 11.4 Å². The molecule has 1 N–H and O–H groups in total. The molecule has 1 atom stereocenters. The normalized spacial score (nSPS) is 12.2. The molecule has 0 aromatic heterocycles. The maximum Gasteiger partial charge on any atom is 0.264 e. The van der Waals surface area contributed by atoms with Gasteiger partial charge in [0.05, 0.1) is 17.7 Å². The number of methoxy groups -OCH3 is 1. The number of benzene rings is 4. The zero-order valence-electron chi connectivity index (χ0n) is 26.7. The Morgan fingerprint density at radius 3 is 2.11 bits per heavy atom. The first-order valence-corrected chi connectivity index (χ1v) is 17.1. The number of rotatable bonds is 12. The van der Waals surface area contributed by atoms with Crippen LogP contribution < -0.4 is 14.4 Å². The Morgan fingerprint density at radius 2 is 1.50 bits per heavy atom. The minimum absolute atomic E-state index is 0.0455. The Morgan fingerprint density at radius 1 is 0.870 bits per heavy atom. The van der Waals surface area contributed by atoms with Crippen molar-refractivity contribution in [2.24, 2.45) is 0 Å². The lowest BCUT2D eigenvalue weighted by molar-refractivity contribution is -0.140. The number of anilines is 1. The second kappa shape index (κ2) is 15.0. The summed E-state index contributed by atoms with van der Waals surface area (Å²) in [6.07, 6.45) is 0.224. The maximum atomic E-state index is 14.6. The van der Waals surface area contributed by atoms with Gasteiger partial charge in [-0.1, -0.05) is 76.1 Å². The topological polar surface area (TPSA) is 96.0 Å². The van der Waals surface area contributed by atoms with Crippen LogP contribution in [0.25, 0.3) is 0 Å². The summed E-state index contributed by atoms with van der Waals surface area (Å²) in [6.45, 7) is 7.02. The summed E-state index contributed by atoms with van der Waals surface area (Å²) < 4.78 is 35.6. The van der Waals surface area contributed by atoms with Gasteiger partial charge in [0.25, 0.3) is 10.0 Å². The van der Waals surface area contributed by atoms with Crippen LogP contribution in [0.1, 0.15) is 37.5 Å². The lowest BCUT2D eigenvalue weighted by Crippen LogP contribution is -2.56. The Balaban J connectivity index is 1.82. The third-order valence-electron chi connectivity index (χ3n) is 7.26. The van der Waals surface area contributed by atoms with Crippen LogP contribution in [0.15, 0.2) is 112 Å². The van der Waals surface area contributed by atoms with Crippen molar-refractivity contribution in [2.75, 3.05) is 18.0 Å². The summed E-state index contributed by atoms with van der Waals surface area (Å²) in [7, 11) is -2.62. The molecule has 8 nitrogen and oxygen atoms in total. The van der Waals surface area contributed by atoms with Crippen molar-refractivity contribution in [1.82, 2.24) is 10.2 Å². The Labute approximate surface area is 280 Å². The molecule has 0 heterocycles. The molecule has 0 saturated carbocycles. The highest BCUT2D eigenvalue weighted by atomic mass is 79.9. The largest absolute Gasteiger partial charge is 0.497 e. The van der Waals surface area contributed by atoms with Crippen LogP contribution in [0.5, 0.6) is 5.75 Å². The van der Waals surface area contributed by atoms with E-state index in [1.165, 1.54) is 17.0 Å². The van der Waals surface area contributed by atoms with Crippen LogP contribution >= 0.6 is 15.9 Å². The van der Waals surface area contributed by atoms with E-state index in [1.807, 2.05) is 70.2 Å². The molecule has 2 amide bonds. The third-order valence-corrected chi connectivity index (χ3v) is 9.58. The molecule has 4 aromatic carbocycles. The molecule has 4 rings (SSSR count). The molecule has 10 heteroatoms. The van der Waals surface area contributed by atoms with Crippen molar-refractivity contribution in [2.45, 2.75) is 57.1 Å². The number of nitrogens with zero attached hydrogens (tertiary/aromatic N) is 2. The van der Waals surface area contributed by atoms with Gasteiger partial charge < -0.3 is 15.0 Å². The number of hydrogen-bond acceptors (Lipinski definition) is 5. The molecule has 46 heavy (non-hydrogen) atoms. The summed E-state index contributed by atoms with van der Waals surface area (Å²) in [5, 5.41) is 3.04. The van der Waals surface area contributed by atoms with Gasteiger partial charge in [0.2, 0.25) is 11.8 Å². The summed E-state index contributed by atoms with van der Waals surface area (Å²) in [5.74, 6) is -0.280. The highest BCUT2D eigenvalue weighted by molar-refractivity contribution is 9.10. The van der Waals surface area contributed by atoms with E-state index >= 15 is 0 Å². The molecule has 0 aliphatic carbocycles. The van der Waals surface area contributed by atoms with Crippen molar-refractivity contribution in [1.29, 1.82) is 0 Å². The van der Waals surface area contributed by atoms with Crippen molar-refractivity contribution in [3.63, 3.8) is 0 Å². The van der Waals surface area contributed by atoms with Gasteiger partial charge in [-0.25, -0.2) is 8.42 Å². The SMILES string of the molecule is COc1cccc(CN(C(=O)CN(c2ccc(Br)cc2)S(=O)(=O)c2ccc(C)cc2)C(Cc2ccccc2)C(=O)NC(C)(C)C)c1. The van der Waals surface area contributed by atoms with Gasteiger partial charge in [0.15, 0.2) is 0 Å². The van der Waals surface area contributed by atoms with Crippen molar-refractivity contribution < 1.29 is 22.7 Å². The molecule has 0 aliphatic heterocycles. The van der Waals surface area contributed by atoms with Gasteiger partial charge in [-0.2, -0.15) is 0 Å². The monoisotopic (exact) mass is 705 g/mol. The summed E-state index contributed by atoms with van der Waals surface area (Å²) >= 11 is 3.41. The predicted octanol–water partition coefficient (Wildman–Crippen LogP) is 6.52. The van der Waals surface area contributed by atoms with E-state index < -0.39 is 34.1 Å². The summed E-state index contributed by atoms with van der Waals surface area (Å²) in [4.78, 5) is 30.1. The zero-order valence-corrected chi connectivity index (χ0v) is 29.1. The Kier molecular flexibility index (Phi) is 11.3. The van der Waals surface area contributed by atoms with Crippen LogP contribution in [0.2, 0.25) is 0 Å². The van der Waals surface area contributed by atoms with E-state index in [9.17, 15) is 18.0 Å². The number of hydrogen-bond donors (Lipinski definition) is 1. The standard InChI is InChI=1S/C36H40BrN3O5S/c1-26-14-20-32(21-15-26)46(43,44)40(30-18-16-29(37)17-19-30)25-34(41)39(24-28-12-9-13-31(22-28)45-5)33(35(42)38-36(2,3)4)23-27-10-7-6-8-11-27/h6-22,33H,23-25H2,1-5H3,(H,38,42). The van der Waals surface area contributed by atoms with Crippen molar-refractivity contribution in [3.8, 4) is 5.75 Å². The molecule has 1 unspecified atom stereocenters. The van der Waals surface area contributed by atoms with E-state index in [1.54, 1.807) is 55.6 Å². The quantitative estimate of drug-likeness (QED) is 0.181. The Hall–Kier alpha value is -4.15.